The lowest BCUT2D eigenvalue weighted by Gasteiger charge is -2.16. The van der Waals surface area contributed by atoms with Crippen LogP contribution in [0, 0.1) is 11.8 Å². The number of nitrogens with zero attached hydrogens (tertiary/aromatic N) is 1. The van der Waals surface area contributed by atoms with E-state index >= 15 is 0 Å². The largest absolute Gasteiger partial charge is 0.384 e. The van der Waals surface area contributed by atoms with Gasteiger partial charge >= 0.3 is 0 Å². The number of carbonyl (C=O) groups is 1. The maximum atomic E-state index is 12.7. The molecule has 0 saturated heterocycles. The van der Waals surface area contributed by atoms with Crippen LogP contribution in [-0.4, -0.2) is 22.5 Å². The molecule has 0 unspecified atom stereocenters. The Morgan fingerprint density at radius 2 is 1.67 bits per heavy atom. The molecule has 1 heterocycles. The number of aliphatic hydroxyl groups is 1. The number of hydrogen-bond donors (Lipinski definition) is 1. The number of amides is 1. The minimum atomic E-state index is -0.211. The topological polar surface area (TPSA) is 40.5 Å². The Kier molecular flexibility index (Phi) is 3.72. The lowest BCUT2D eigenvalue weighted by atomic mass is 10.1. The van der Waals surface area contributed by atoms with Crippen LogP contribution in [0.5, 0.6) is 0 Å². The second kappa shape index (κ2) is 5.82. The Hall–Kier alpha value is -2.57. The highest BCUT2D eigenvalue weighted by atomic mass is 16.2. The first-order valence-electron chi connectivity index (χ1n) is 6.84. The van der Waals surface area contributed by atoms with Crippen molar-refractivity contribution in [2.24, 2.45) is 0 Å². The number of benzene rings is 2. The van der Waals surface area contributed by atoms with Crippen LogP contribution in [0.25, 0.3) is 0 Å². The van der Waals surface area contributed by atoms with Crippen LogP contribution < -0.4 is 0 Å². The number of fused-ring (bicyclic) bond motifs is 1. The monoisotopic (exact) mass is 277 g/mol. The predicted molar refractivity (Wildman–Crippen MR) is 80.4 cm³/mol. The van der Waals surface area contributed by atoms with E-state index in [9.17, 15) is 4.79 Å². The second-order valence-corrected chi connectivity index (χ2v) is 4.94. The third-order valence-corrected chi connectivity index (χ3v) is 3.59. The summed E-state index contributed by atoms with van der Waals surface area (Å²) < 4.78 is 0. The summed E-state index contributed by atoms with van der Waals surface area (Å²) in [6.07, 6.45) is 0. The van der Waals surface area contributed by atoms with Gasteiger partial charge in [-0.25, -0.2) is 0 Å². The average Bonchev–Trinajstić information content (AvgIpc) is 2.96. The third kappa shape index (κ3) is 2.67. The van der Waals surface area contributed by atoms with E-state index in [0.29, 0.717) is 24.2 Å². The zero-order valence-electron chi connectivity index (χ0n) is 11.5. The molecular formula is C18H15NO2. The quantitative estimate of drug-likeness (QED) is 0.812. The van der Waals surface area contributed by atoms with Crippen LogP contribution in [0.3, 0.4) is 0 Å². The molecule has 2 aromatic rings. The van der Waals surface area contributed by atoms with E-state index in [0.717, 1.165) is 0 Å². The summed E-state index contributed by atoms with van der Waals surface area (Å²) in [5, 5.41) is 8.82. The molecule has 104 valence electrons. The SMILES string of the molecule is O=C(c1ccccc1C#CCO)N1Cc2ccccc2C1. The Bertz CT molecular complexity index is 715. The Labute approximate surface area is 123 Å². The summed E-state index contributed by atoms with van der Waals surface area (Å²) in [7, 11) is 0. The predicted octanol–water partition coefficient (Wildman–Crippen LogP) is 2.19. The van der Waals surface area contributed by atoms with Crippen LogP contribution in [-0.2, 0) is 13.1 Å². The fourth-order valence-electron chi connectivity index (χ4n) is 2.56. The molecule has 0 saturated carbocycles. The first kappa shape index (κ1) is 13.4. The molecule has 2 aromatic carbocycles. The molecule has 0 aromatic heterocycles. The zero-order chi connectivity index (χ0) is 14.7. The number of hydrogen-bond acceptors (Lipinski definition) is 2. The summed E-state index contributed by atoms with van der Waals surface area (Å²) in [4.78, 5) is 14.5. The van der Waals surface area contributed by atoms with E-state index in [2.05, 4.69) is 24.0 Å². The fraction of sp³-hybridized carbons (Fsp3) is 0.167. The van der Waals surface area contributed by atoms with Gasteiger partial charge in [-0.05, 0) is 23.3 Å². The average molecular weight is 277 g/mol. The van der Waals surface area contributed by atoms with Crippen molar-refractivity contribution in [3.05, 3.63) is 70.8 Å². The molecule has 3 nitrogen and oxygen atoms in total. The summed E-state index contributed by atoms with van der Waals surface area (Å²) in [6.45, 7) is 1.06. The highest BCUT2D eigenvalue weighted by molar-refractivity contribution is 5.97. The molecule has 21 heavy (non-hydrogen) atoms. The smallest absolute Gasteiger partial charge is 0.255 e. The second-order valence-electron chi connectivity index (χ2n) is 4.94. The first-order valence-corrected chi connectivity index (χ1v) is 6.84. The van der Waals surface area contributed by atoms with Gasteiger partial charge in [-0.15, -0.1) is 0 Å². The molecule has 0 radical (unpaired) electrons. The number of aliphatic hydroxyl groups excluding tert-OH is 1. The third-order valence-electron chi connectivity index (χ3n) is 3.59. The van der Waals surface area contributed by atoms with Crippen LogP contribution >= 0.6 is 0 Å². The Morgan fingerprint density at radius 3 is 2.33 bits per heavy atom. The van der Waals surface area contributed by atoms with Gasteiger partial charge in [-0.2, -0.15) is 0 Å². The maximum Gasteiger partial charge on any atom is 0.255 e. The van der Waals surface area contributed by atoms with Gasteiger partial charge in [0.25, 0.3) is 5.91 Å². The minimum Gasteiger partial charge on any atom is -0.384 e. The molecule has 0 fully saturated rings. The van der Waals surface area contributed by atoms with E-state index in [1.54, 1.807) is 12.1 Å². The van der Waals surface area contributed by atoms with E-state index in [1.807, 2.05) is 29.2 Å². The van der Waals surface area contributed by atoms with Gasteiger partial charge in [-0.1, -0.05) is 48.2 Å². The number of carbonyl (C=O) groups excluding carboxylic acids is 1. The lowest BCUT2D eigenvalue weighted by molar-refractivity contribution is 0.0751. The molecule has 0 bridgehead atoms. The van der Waals surface area contributed by atoms with E-state index in [4.69, 9.17) is 5.11 Å². The first-order chi connectivity index (χ1) is 10.3. The molecule has 0 spiro atoms. The molecule has 0 aliphatic carbocycles. The van der Waals surface area contributed by atoms with Crippen LogP contribution in [0.1, 0.15) is 27.0 Å². The molecule has 3 rings (SSSR count). The van der Waals surface area contributed by atoms with Crippen LogP contribution in [0.4, 0.5) is 0 Å². The molecule has 1 aliphatic rings. The molecule has 1 N–H and O–H groups in total. The molecular weight excluding hydrogens is 262 g/mol. The Morgan fingerprint density at radius 1 is 1.05 bits per heavy atom. The van der Waals surface area contributed by atoms with Crippen molar-refractivity contribution in [2.75, 3.05) is 6.61 Å². The van der Waals surface area contributed by atoms with Crippen molar-refractivity contribution in [1.82, 2.24) is 4.90 Å². The lowest BCUT2D eigenvalue weighted by Crippen LogP contribution is -2.26. The minimum absolute atomic E-state index is 0.0194. The van der Waals surface area contributed by atoms with Crippen molar-refractivity contribution in [1.29, 1.82) is 0 Å². The van der Waals surface area contributed by atoms with E-state index < -0.39 is 0 Å². The van der Waals surface area contributed by atoms with E-state index in [1.165, 1.54) is 11.1 Å². The molecule has 0 atom stereocenters. The van der Waals surface area contributed by atoms with Gasteiger partial charge < -0.3 is 10.0 Å². The van der Waals surface area contributed by atoms with Crippen LogP contribution in [0.15, 0.2) is 48.5 Å². The molecule has 1 aliphatic heterocycles. The van der Waals surface area contributed by atoms with E-state index in [-0.39, 0.29) is 12.5 Å². The van der Waals surface area contributed by atoms with Gasteiger partial charge in [0.15, 0.2) is 0 Å². The van der Waals surface area contributed by atoms with Crippen molar-refractivity contribution < 1.29 is 9.90 Å². The van der Waals surface area contributed by atoms with Crippen molar-refractivity contribution in [3.8, 4) is 11.8 Å². The zero-order valence-corrected chi connectivity index (χ0v) is 11.5. The fourth-order valence-corrected chi connectivity index (χ4v) is 2.56. The molecule has 1 amide bonds. The summed E-state index contributed by atoms with van der Waals surface area (Å²) in [5.74, 6) is 5.42. The molecule has 3 heteroatoms. The standard InChI is InChI=1S/C18H15NO2/c20-11-5-9-14-6-3-4-10-17(14)18(21)19-12-15-7-1-2-8-16(15)13-19/h1-4,6-8,10,20H,11-13H2. The van der Waals surface area contributed by atoms with Crippen LogP contribution in [0.2, 0.25) is 0 Å². The summed E-state index contributed by atoms with van der Waals surface area (Å²) >= 11 is 0. The van der Waals surface area contributed by atoms with Gasteiger partial charge in [0, 0.05) is 18.7 Å². The van der Waals surface area contributed by atoms with Gasteiger partial charge in [0.2, 0.25) is 0 Å². The van der Waals surface area contributed by atoms with Crippen molar-refractivity contribution in [3.63, 3.8) is 0 Å². The van der Waals surface area contributed by atoms with Crippen molar-refractivity contribution in [2.45, 2.75) is 13.1 Å². The normalized spacial score (nSPS) is 12.5. The summed E-state index contributed by atoms with van der Waals surface area (Å²) in [6, 6.07) is 15.4. The van der Waals surface area contributed by atoms with Gasteiger partial charge in [0.1, 0.15) is 6.61 Å². The number of rotatable bonds is 1. The Balaban J connectivity index is 1.88. The maximum absolute atomic E-state index is 12.7. The van der Waals surface area contributed by atoms with Gasteiger partial charge in [0.05, 0.1) is 5.56 Å². The van der Waals surface area contributed by atoms with Crippen molar-refractivity contribution >= 4 is 5.91 Å². The van der Waals surface area contributed by atoms with Gasteiger partial charge in [-0.3, -0.25) is 4.79 Å². The highest BCUT2D eigenvalue weighted by Crippen LogP contribution is 2.24. The highest BCUT2D eigenvalue weighted by Gasteiger charge is 2.24. The summed E-state index contributed by atoms with van der Waals surface area (Å²) in [5.41, 5.74) is 3.65.